The Kier molecular flexibility index (Phi) is 5.25. The van der Waals surface area contributed by atoms with Gasteiger partial charge in [-0.1, -0.05) is 18.2 Å². The summed E-state index contributed by atoms with van der Waals surface area (Å²) in [5.74, 6) is -0.167. The van der Waals surface area contributed by atoms with E-state index < -0.39 is 0 Å². The standard InChI is InChI=1S/C17H19N3O2/c1-12(15-4-3-9-18-11-15)19-17(22)10-14-5-7-16(8-6-14)20-13(2)21/h3-9,11-12H,10H2,1-2H3,(H,19,22)(H,20,21). The number of benzene rings is 1. The van der Waals surface area contributed by atoms with E-state index in [-0.39, 0.29) is 17.9 Å². The van der Waals surface area contributed by atoms with Gasteiger partial charge in [0, 0.05) is 25.0 Å². The smallest absolute Gasteiger partial charge is 0.224 e. The van der Waals surface area contributed by atoms with Gasteiger partial charge in [-0.05, 0) is 36.2 Å². The van der Waals surface area contributed by atoms with Gasteiger partial charge in [-0.15, -0.1) is 0 Å². The van der Waals surface area contributed by atoms with Gasteiger partial charge in [0.15, 0.2) is 0 Å². The fourth-order valence-electron chi connectivity index (χ4n) is 2.10. The lowest BCUT2D eigenvalue weighted by Gasteiger charge is -2.14. The van der Waals surface area contributed by atoms with Crippen molar-refractivity contribution in [2.75, 3.05) is 5.32 Å². The van der Waals surface area contributed by atoms with Crippen LogP contribution in [0.4, 0.5) is 5.69 Å². The highest BCUT2D eigenvalue weighted by molar-refractivity contribution is 5.88. The minimum absolute atomic E-state index is 0.0522. The van der Waals surface area contributed by atoms with Gasteiger partial charge < -0.3 is 10.6 Å². The molecule has 2 aromatic rings. The molecule has 0 spiro atoms. The van der Waals surface area contributed by atoms with E-state index in [9.17, 15) is 9.59 Å². The van der Waals surface area contributed by atoms with Crippen LogP contribution in [-0.2, 0) is 16.0 Å². The normalized spacial score (nSPS) is 11.5. The molecule has 2 amide bonds. The Bertz CT molecular complexity index is 639. The highest BCUT2D eigenvalue weighted by atomic mass is 16.2. The molecule has 1 aromatic carbocycles. The molecule has 0 bridgehead atoms. The second kappa shape index (κ2) is 7.36. The molecule has 1 unspecified atom stereocenters. The van der Waals surface area contributed by atoms with Gasteiger partial charge in [0.05, 0.1) is 12.5 Å². The quantitative estimate of drug-likeness (QED) is 0.890. The number of hydrogen-bond acceptors (Lipinski definition) is 3. The molecule has 0 saturated heterocycles. The van der Waals surface area contributed by atoms with Crippen LogP contribution in [0.5, 0.6) is 0 Å². The third-order valence-electron chi connectivity index (χ3n) is 3.20. The van der Waals surface area contributed by atoms with Crippen LogP contribution in [0.25, 0.3) is 0 Å². The number of anilines is 1. The highest BCUT2D eigenvalue weighted by Gasteiger charge is 2.10. The van der Waals surface area contributed by atoms with E-state index in [0.29, 0.717) is 6.42 Å². The number of hydrogen-bond donors (Lipinski definition) is 2. The Balaban J connectivity index is 1.90. The van der Waals surface area contributed by atoms with Crippen molar-refractivity contribution in [2.45, 2.75) is 26.3 Å². The Morgan fingerprint density at radius 1 is 1.18 bits per heavy atom. The first-order valence-electron chi connectivity index (χ1n) is 7.10. The summed E-state index contributed by atoms with van der Waals surface area (Å²) in [5.41, 5.74) is 2.59. The molecular weight excluding hydrogens is 278 g/mol. The Morgan fingerprint density at radius 2 is 1.91 bits per heavy atom. The van der Waals surface area contributed by atoms with Gasteiger partial charge >= 0.3 is 0 Å². The molecule has 5 nitrogen and oxygen atoms in total. The maximum Gasteiger partial charge on any atom is 0.224 e. The molecular formula is C17H19N3O2. The average molecular weight is 297 g/mol. The van der Waals surface area contributed by atoms with Gasteiger partial charge in [0.2, 0.25) is 11.8 Å². The van der Waals surface area contributed by atoms with Gasteiger partial charge in [-0.25, -0.2) is 0 Å². The molecule has 114 valence electrons. The Morgan fingerprint density at radius 3 is 2.50 bits per heavy atom. The number of nitrogens with zero attached hydrogens (tertiary/aromatic N) is 1. The summed E-state index contributed by atoms with van der Waals surface area (Å²) in [6, 6.07) is 10.9. The summed E-state index contributed by atoms with van der Waals surface area (Å²) in [6.45, 7) is 3.38. The Labute approximate surface area is 129 Å². The predicted molar refractivity (Wildman–Crippen MR) is 85.2 cm³/mol. The summed E-state index contributed by atoms with van der Waals surface area (Å²) in [6.07, 6.45) is 3.74. The van der Waals surface area contributed by atoms with Crippen LogP contribution < -0.4 is 10.6 Å². The zero-order valence-electron chi connectivity index (χ0n) is 12.7. The van der Waals surface area contributed by atoms with Crippen molar-refractivity contribution >= 4 is 17.5 Å². The lowest BCUT2D eigenvalue weighted by molar-refractivity contribution is -0.121. The van der Waals surface area contributed by atoms with E-state index in [2.05, 4.69) is 15.6 Å². The number of amides is 2. The van der Waals surface area contributed by atoms with Crippen molar-refractivity contribution < 1.29 is 9.59 Å². The predicted octanol–water partition coefficient (Wildman–Crippen LogP) is 2.46. The van der Waals surface area contributed by atoms with E-state index in [0.717, 1.165) is 16.8 Å². The molecule has 5 heteroatoms. The molecule has 0 aliphatic rings. The lowest BCUT2D eigenvalue weighted by atomic mass is 10.1. The molecule has 0 aliphatic heterocycles. The van der Waals surface area contributed by atoms with Gasteiger partial charge in [0.25, 0.3) is 0 Å². The maximum atomic E-state index is 12.1. The number of carbonyl (C=O) groups is 2. The monoisotopic (exact) mass is 297 g/mol. The van der Waals surface area contributed by atoms with Crippen LogP contribution in [0.1, 0.15) is 31.0 Å². The second-order valence-electron chi connectivity index (χ2n) is 5.13. The molecule has 0 radical (unpaired) electrons. The van der Waals surface area contributed by atoms with Crippen molar-refractivity contribution in [3.63, 3.8) is 0 Å². The number of nitrogens with one attached hydrogen (secondary N) is 2. The van der Waals surface area contributed by atoms with Crippen LogP contribution in [0.3, 0.4) is 0 Å². The molecule has 0 fully saturated rings. The van der Waals surface area contributed by atoms with E-state index in [1.807, 2.05) is 31.2 Å². The van der Waals surface area contributed by atoms with Crippen molar-refractivity contribution in [1.29, 1.82) is 0 Å². The lowest BCUT2D eigenvalue weighted by Crippen LogP contribution is -2.28. The van der Waals surface area contributed by atoms with Crippen molar-refractivity contribution in [1.82, 2.24) is 10.3 Å². The van der Waals surface area contributed by atoms with Crippen molar-refractivity contribution in [3.8, 4) is 0 Å². The molecule has 0 aliphatic carbocycles. The van der Waals surface area contributed by atoms with Crippen molar-refractivity contribution in [3.05, 3.63) is 59.9 Å². The number of pyridine rings is 1. The van der Waals surface area contributed by atoms with Gasteiger partial charge in [-0.2, -0.15) is 0 Å². The van der Waals surface area contributed by atoms with Crippen LogP contribution >= 0.6 is 0 Å². The SMILES string of the molecule is CC(=O)Nc1ccc(CC(=O)NC(C)c2cccnc2)cc1. The Hall–Kier alpha value is -2.69. The highest BCUT2D eigenvalue weighted by Crippen LogP contribution is 2.12. The molecule has 2 N–H and O–H groups in total. The summed E-state index contributed by atoms with van der Waals surface area (Å²) in [7, 11) is 0. The first-order valence-corrected chi connectivity index (χ1v) is 7.10. The van der Waals surface area contributed by atoms with E-state index in [4.69, 9.17) is 0 Å². The minimum Gasteiger partial charge on any atom is -0.349 e. The number of carbonyl (C=O) groups excluding carboxylic acids is 2. The third kappa shape index (κ3) is 4.70. The summed E-state index contributed by atoms with van der Waals surface area (Å²) < 4.78 is 0. The molecule has 2 rings (SSSR count). The topological polar surface area (TPSA) is 71.1 Å². The average Bonchev–Trinajstić information content (AvgIpc) is 2.49. The summed E-state index contributed by atoms with van der Waals surface area (Å²) in [5, 5.41) is 5.64. The first kappa shape index (κ1) is 15.7. The first-order chi connectivity index (χ1) is 10.5. The van der Waals surface area contributed by atoms with E-state index in [1.165, 1.54) is 6.92 Å². The number of aromatic nitrogens is 1. The minimum atomic E-state index is -0.115. The molecule has 0 saturated carbocycles. The fraction of sp³-hybridized carbons (Fsp3) is 0.235. The number of rotatable bonds is 5. The molecule has 22 heavy (non-hydrogen) atoms. The van der Waals surface area contributed by atoms with Gasteiger partial charge in [-0.3, -0.25) is 14.6 Å². The van der Waals surface area contributed by atoms with Crippen LogP contribution in [-0.4, -0.2) is 16.8 Å². The zero-order valence-corrected chi connectivity index (χ0v) is 12.7. The van der Waals surface area contributed by atoms with Gasteiger partial charge in [0.1, 0.15) is 0 Å². The van der Waals surface area contributed by atoms with Crippen molar-refractivity contribution in [2.24, 2.45) is 0 Å². The van der Waals surface area contributed by atoms with Crippen LogP contribution in [0.15, 0.2) is 48.8 Å². The second-order valence-corrected chi connectivity index (χ2v) is 5.13. The van der Waals surface area contributed by atoms with E-state index >= 15 is 0 Å². The molecule has 1 aromatic heterocycles. The summed E-state index contributed by atoms with van der Waals surface area (Å²) in [4.78, 5) is 27.1. The van der Waals surface area contributed by atoms with E-state index in [1.54, 1.807) is 24.5 Å². The largest absolute Gasteiger partial charge is 0.349 e. The van der Waals surface area contributed by atoms with Crippen LogP contribution in [0.2, 0.25) is 0 Å². The molecule has 1 heterocycles. The summed E-state index contributed by atoms with van der Waals surface area (Å²) >= 11 is 0. The fourth-order valence-corrected chi connectivity index (χ4v) is 2.10. The third-order valence-corrected chi connectivity index (χ3v) is 3.20. The zero-order chi connectivity index (χ0) is 15.9. The maximum absolute atomic E-state index is 12.1. The van der Waals surface area contributed by atoms with Crippen LogP contribution in [0, 0.1) is 0 Å². The molecule has 1 atom stereocenters.